The molecule has 26 heavy (non-hydrogen) atoms. The molecule has 1 aliphatic heterocycles. The minimum absolute atomic E-state index is 0.0482. The fourth-order valence-electron chi connectivity index (χ4n) is 3.24. The van der Waals surface area contributed by atoms with Crippen LogP contribution in [0.4, 0.5) is 5.82 Å². The van der Waals surface area contributed by atoms with Gasteiger partial charge in [0, 0.05) is 38.9 Å². The summed E-state index contributed by atoms with van der Waals surface area (Å²) in [7, 11) is 0. The van der Waals surface area contributed by atoms with Crippen molar-refractivity contribution in [2.24, 2.45) is 0 Å². The zero-order valence-corrected chi connectivity index (χ0v) is 15.5. The van der Waals surface area contributed by atoms with Crippen LogP contribution in [0.1, 0.15) is 29.3 Å². The van der Waals surface area contributed by atoms with Gasteiger partial charge in [0.15, 0.2) is 0 Å². The Kier molecular flexibility index (Phi) is 6.61. The third kappa shape index (κ3) is 5.05. The Hall–Kier alpha value is -2.40. The number of likely N-dealkylation sites (N-methyl/N-ethyl adjacent to an activating group) is 1. The van der Waals surface area contributed by atoms with Gasteiger partial charge in [0.1, 0.15) is 5.82 Å². The quantitative estimate of drug-likeness (QED) is 0.778. The molecule has 0 unspecified atom stereocenters. The van der Waals surface area contributed by atoms with Gasteiger partial charge in [0.25, 0.3) is 5.91 Å². The first kappa shape index (κ1) is 18.4. The summed E-state index contributed by atoms with van der Waals surface area (Å²) in [6, 6.07) is 14.2. The van der Waals surface area contributed by atoms with Crippen LogP contribution < -0.4 is 10.2 Å². The predicted molar refractivity (Wildman–Crippen MR) is 106 cm³/mol. The third-order valence-corrected chi connectivity index (χ3v) is 4.92. The lowest BCUT2D eigenvalue weighted by molar-refractivity contribution is 0.0953. The molecule has 2 aromatic rings. The molecule has 1 N–H and O–H groups in total. The first-order valence-corrected chi connectivity index (χ1v) is 9.51. The number of hydrogen-bond donors (Lipinski definition) is 1. The summed E-state index contributed by atoms with van der Waals surface area (Å²) in [6.45, 7) is 8.10. The summed E-state index contributed by atoms with van der Waals surface area (Å²) in [5, 5.41) is 2.98. The van der Waals surface area contributed by atoms with E-state index in [1.54, 1.807) is 6.20 Å². The molecular formula is C21H28N4O. The van der Waals surface area contributed by atoms with E-state index in [4.69, 9.17) is 0 Å². The van der Waals surface area contributed by atoms with E-state index in [2.05, 4.69) is 39.2 Å². The van der Waals surface area contributed by atoms with E-state index in [9.17, 15) is 4.79 Å². The van der Waals surface area contributed by atoms with Crippen LogP contribution in [0.25, 0.3) is 0 Å². The molecule has 0 radical (unpaired) electrons. The van der Waals surface area contributed by atoms with E-state index in [1.807, 2.05) is 30.3 Å². The molecule has 1 aromatic carbocycles. The zero-order chi connectivity index (χ0) is 18.2. The Morgan fingerprint density at radius 1 is 1.08 bits per heavy atom. The molecule has 2 heterocycles. The first-order chi connectivity index (χ1) is 12.8. The fraction of sp³-hybridized carbons (Fsp3) is 0.429. The Labute approximate surface area is 156 Å². The smallest absolute Gasteiger partial charge is 0.252 e. The van der Waals surface area contributed by atoms with Crippen LogP contribution in [0, 0.1) is 0 Å². The van der Waals surface area contributed by atoms with E-state index >= 15 is 0 Å². The lowest BCUT2D eigenvalue weighted by atomic mass is 10.1. The summed E-state index contributed by atoms with van der Waals surface area (Å²) in [5.74, 6) is 0.911. The van der Waals surface area contributed by atoms with Crippen LogP contribution >= 0.6 is 0 Å². The minimum atomic E-state index is -0.0482. The molecule has 0 atom stereocenters. The molecule has 1 aliphatic rings. The second-order valence-electron chi connectivity index (χ2n) is 6.67. The number of nitrogens with one attached hydrogen (secondary N) is 1. The Morgan fingerprint density at radius 3 is 2.50 bits per heavy atom. The summed E-state index contributed by atoms with van der Waals surface area (Å²) in [4.78, 5) is 21.5. The van der Waals surface area contributed by atoms with E-state index < -0.39 is 0 Å². The molecular weight excluding hydrogens is 324 g/mol. The van der Waals surface area contributed by atoms with Gasteiger partial charge in [-0.2, -0.15) is 0 Å². The van der Waals surface area contributed by atoms with Crippen molar-refractivity contribution in [3.63, 3.8) is 0 Å². The number of hydrogen-bond acceptors (Lipinski definition) is 4. The second kappa shape index (κ2) is 9.34. The number of carbonyl (C=O) groups excluding carboxylic acids is 1. The van der Waals surface area contributed by atoms with Gasteiger partial charge in [0.2, 0.25) is 0 Å². The van der Waals surface area contributed by atoms with E-state index in [0.29, 0.717) is 12.1 Å². The number of anilines is 1. The SMILES string of the molecule is CCN1CCN(c2ccc(C(=O)NCCCc3ccccc3)cn2)CC1. The number of benzene rings is 1. The maximum atomic E-state index is 12.3. The van der Waals surface area contributed by atoms with Crippen LogP contribution in [-0.2, 0) is 6.42 Å². The Balaban J connectivity index is 1.43. The highest BCUT2D eigenvalue weighted by Gasteiger charge is 2.17. The lowest BCUT2D eigenvalue weighted by Crippen LogP contribution is -2.46. The summed E-state index contributed by atoms with van der Waals surface area (Å²) >= 11 is 0. The maximum absolute atomic E-state index is 12.3. The fourth-order valence-corrected chi connectivity index (χ4v) is 3.24. The predicted octanol–water partition coefficient (Wildman–Crippen LogP) is 2.59. The molecule has 5 heteroatoms. The van der Waals surface area contributed by atoms with Crippen LogP contribution in [0.15, 0.2) is 48.7 Å². The van der Waals surface area contributed by atoms with E-state index in [1.165, 1.54) is 5.56 Å². The zero-order valence-electron chi connectivity index (χ0n) is 15.5. The number of aromatic nitrogens is 1. The standard InChI is InChI=1S/C21H28N4O/c1-2-24-13-15-25(16-14-24)20-11-10-19(17-23-20)21(26)22-12-6-9-18-7-4-3-5-8-18/h3-5,7-8,10-11,17H,2,6,9,12-16H2,1H3,(H,22,26). The van der Waals surface area contributed by atoms with Crippen LogP contribution in [0.2, 0.25) is 0 Å². The van der Waals surface area contributed by atoms with Gasteiger partial charge >= 0.3 is 0 Å². The number of rotatable bonds is 7. The van der Waals surface area contributed by atoms with Crippen molar-refractivity contribution in [3.05, 3.63) is 59.8 Å². The number of aryl methyl sites for hydroxylation is 1. The number of carbonyl (C=O) groups is 1. The van der Waals surface area contributed by atoms with Crippen molar-refractivity contribution in [3.8, 4) is 0 Å². The second-order valence-corrected chi connectivity index (χ2v) is 6.67. The molecule has 0 bridgehead atoms. The summed E-state index contributed by atoms with van der Waals surface area (Å²) in [5.41, 5.74) is 1.93. The largest absolute Gasteiger partial charge is 0.354 e. The van der Waals surface area contributed by atoms with Crippen molar-refractivity contribution in [2.75, 3.05) is 44.2 Å². The topological polar surface area (TPSA) is 48.5 Å². The monoisotopic (exact) mass is 352 g/mol. The molecule has 1 saturated heterocycles. The van der Waals surface area contributed by atoms with E-state index in [0.717, 1.165) is 51.4 Å². The molecule has 138 valence electrons. The molecule has 1 fully saturated rings. The van der Waals surface area contributed by atoms with Gasteiger partial charge in [-0.1, -0.05) is 37.3 Å². The van der Waals surface area contributed by atoms with Crippen molar-refractivity contribution in [1.29, 1.82) is 0 Å². The van der Waals surface area contributed by atoms with Crippen molar-refractivity contribution in [2.45, 2.75) is 19.8 Å². The average molecular weight is 352 g/mol. The van der Waals surface area contributed by atoms with Gasteiger partial charge < -0.3 is 15.1 Å². The highest BCUT2D eigenvalue weighted by molar-refractivity contribution is 5.94. The highest BCUT2D eigenvalue weighted by Crippen LogP contribution is 2.14. The third-order valence-electron chi connectivity index (χ3n) is 4.92. The summed E-state index contributed by atoms with van der Waals surface area (Å²) in [6.07, 6.45) is 3.60. The Morgan fingerprint density at radius 2 is 1.85 bits per heavy atom. The minimum Gasteiger partial charge on any atom is -0.354 e. The molecule has 1 aromatic heterocycles. The van der Waals surface area contributed by atoms with E-state index in [-0.39, 0.29) is 5.91 Å². The number of amides is 1. The maximum Gasteiger partial charge on any atom is 0.252 e. The normalized spacial score (nSPS) is 15.0. The molecule has 1 amide bonds. The highest BCUT2D eigenvalue weighted by atomic mass is 16.1. The molecule has 3 rings (SSSR count). The van der Waals surface area contributed by atoms with Crippen molar-refractivity contribution < 1.29 is 4.79 Å². The van der Waals surface area contributed by atoms with Crippen LogP contribution in [-0.4, -0.2) is 55.1 Å². The van der Waals surface area contributed by atoms with Gasteiger partial charge in [-0.3, -0.25) is 4.79 Å². The summed E-state index contributed by atoms with van der Waals surface area (Å²) < 4.78 is 0. The molecule has 5 nitrogen and oxygen atoms in total. The average Bonchev–Trinajstić information content (AvgIpc) is 2.72. The van der Waals surface area contributed by atoms with Gasteiger partial charge in [-0.25, -0.2) is 4.98 Å². The molecule has 0 spiro atoms. The van der Waals surface area contributed by atoms with Gasteiger partial charge in [-0.05, 0) is 37.1 Å². The lowest BCUT2D eigenvalue weighted by Gasteiger charge is -2.34. The molecule has 0 saturated carbocycles. The van der Waals surface area contributed by atoms with Crippen LogP contribution in [0.5, 0.6) is 0 Å². The van der Waals surface area contributed by atoms with Gasteiger partial charge in [0.05, 0.1) is 5.56 Å². The molecule has 0 aliphatic carbocycles. The first-order valence-electron chi connectivity index (χ1n) is 9.51. The number of nitrogens with zero attached hydrogens (tertiary/aromatic N) is 3. The number of pyridine rings is 1. The van der Waals surface area contributed by atoms with Crippen molar-refractivity contribution >= 4 is 11.7 Å². The number of piperazine rings is 1. The van der Waals surface area contributed by atoms with Crippen molar-refractivity contribution in [1.82, 2.24) is 15.2 Å². The van der Waals surface area contributed by atoms with Gasteiger partial charge in [-0.15, -0.1) is 0 Å². The van der Waals surface area contributed by atoms with Crippen LogP contribution in [0.3, 0.4) is 0 Å². The Bertz CT molecular complexity index is 679.